The zero-order valence-corrected chi connectivity index (χ0v) is 44.0. The van der Waals surface area contributed by atoms with Crippen molar-refractivity contribution in [1.82, 2.24) is 0 Å². The van der Waals surface area contributed by atoms with Crippen LogP contribution in [-0.4, -0.2) is 43.9 Å². The number of nitrogens with zero attached hydrogens (tertiary/aromatic N) is 2. The minimum atomic E-state index is -4.79. The van der Waals surface area contributed by atoms with Gasteiger partial charge in [-0.15, -0.1) is 0 Å². The summed E-state index contributed by atoms with van der Waals surface area (Å²) in [5.41, 5.74) is -5.20. The van der Waals surface area contributed by atoms with E-state index in [1.165, 1.54) is 54.6 Å². The van der Waals surface area contributed by atoms with E-state index in [1.807, 2.05) is 22.6 Å². The smallest absolute Gasteiger partial charge is 0.352 e. The van der Waals surface area contributed by atoms with Crippen LogP contribution in [0.1, 0.15) is 87.1 Å². The monoisotopic (exact) mass is 1220 g/mol. The van der Waals surface area contributed by atoms with Crippen LogP contribution < -0.4 is 0 Å². The van der Waals surface area contributed by atoms with Gasteiger partial charge in [0.15, 0.2) is 0 Å². The molecule has 2 aliphatic heterocycles. The molecular weight excluding hydrogens is 1180 g/mol. The molecule has 2 heterocycles. The molecule has 4 nitrogen and oxygen atoms in total. The zero-order valence-electron chi connectivity index (χ0n) is 36.0. The van der Waals surface area contributed by atoms with Gasteiger partial charge in [-0.3, -0.25) is 0 Å². The largest absolute Gasteiger partial charge is 0.425 e. The van der Waals surface area contributed by atoms with E-state index in [2.05, 4.69) is 20.8 Å². The first-order valence-electron chi connectivity index (χ1n) is 20.9. The van der Waals surface area contributed by atoms with Gasteiger partial charge in [-0.1, -0.05) is 29.3 Å². The Bertz CT molecular complexity index is 2430. The first-order valence-corrected chi connectivity index (χ1v) is 30.9. The van der Waals surface area contributed by atoms with Gasteiger partial charge in [0.2, 0.25) is 5.60 Å². The Labute approximate surface area is 417 Å². The van der Waals surface area contributed by atoms with Crippen LogP contribution in [0.3, 0.4) is 0 Å². The number of halogens is 13. The summed E-state index contributed by atoms with van der Waals surface area (Å²) in [4.78, 5) is 0. The van der Waals surface area contributed by atoms with Crippen LogP contribution in [0, 0.1) is 37.9 Å². The van der Waals surface area contributed by atoms with Crippen molar-refractivity contribution in [3.8, 4) is 12.1 Å². The van der Waals surface area contributed by atoms with E-state index in [4.69, 9.17) is 66.4 Å². The molecule has 0 saturated heterocycles. The third-order valence-corrected chi connectivity index (χ3v) is 28.8. The number of nitriles is 2. The van der Waals surface area contributed by atoms with Crippen LogP contribution in [0.25, 0.3) is 5.57 Å². The van der Waals surface area contributed by atoms with Crippen LogP contribution in [-0.2, 0) is 20.7 Å². The maximum absolute atomic E-state index is 14.5. The zero-order chi connectivity index (χ0) is 49.1. The fourth-order valence-corrected chi connectivity index (χ4v) is 25.6. The van der Waals surface area contributed by atoms with Crippen molar-refractivity contribution in [1.29, 1.82) is 10.5 Å². The van der Waals surface area contributed by atoms with Crippen molar-refractivity contribution in [2.24, 2.45) is 0 Å². The molecule has 66 heavy (non-hydrogen) atoms. The Kier molecular flexibility index (Phi) is 20.6. The third kappa shape index (κ3) is 13.6. The summed E-state index contributed by atoms with van der Waals surface area (Å²) in [7, 11) is 0. The van der Waals surface area contributed by atoms with E-state index in [9.17, 15) is 35.1 Å². The van der Waals surface area contributed by atoms with Gasteiger partial charge in [-0.2, -0.15) is 23.7 Å². The average molecular weight is 1220 g/mol. The molecule has 354 valence electrons. The number of hydrogen-bond acceptors (Lipinski definition) is 4. The second-order valence-corrected chi connectivity index (χ2v) is 32.2. The van der Waals surface area contributed by atoms with Gasteiger partial charge >= 0.3 is 200 Å². The van der Waals surface area contributed by atoms with Crippen LogP contribution in [0.5, 0.6) is 0 Å². The van der Waals surface area contributed by atoms with Gasteiger partial charge in [0.25, 0.3) is 0 Å². The molecule has 0 spiro atoms. The average Bonchev–Trinajstić information content (AvgIpc) is 3.93. The first-order chi connectivity index (χ1) is 31.0. The van der Waals surface area contributed by atoms with Crippen LogP contribution >= 0.6 is 69.0 Å². The molecule has 0 fully saturated rings. The second-order valence-electron chi connectivity index (χ2n) is 15.8. The number of benzene rings is 4. The molecular formula is C48H45Cl4F8IN2O2Sn. The molecule has 0 bridgehead atoms. The van der Waals surface area contributed by atoms with Crippen molar-refractivity contribution in [3.63, 3.8) is 0 Å². The van der Waals surface area contributed by atoms with Gasteiger partial charge in [-0.05, 0) is 93.9 Å². The SMILES string of the molecule is CCC[CH2][Sn]([CH2]CCC)([CH2]CCC)[C]1=CC(c2cc(Cl)cc(Cl)c2)(C(F)(F)F)OC1.N#Cc1cc(C2=CC(c3cc(Cl)cc(Cl)c3)(C(F)(F)F)OC2)ccc1F.N#Cc1cc(I)ccc1F. The number of ether oxygens (including phenoxy) is 2. The summed E-state index contributed by atoms with van der Waals surface area (Å²) in [5.74, 6) is -1.21. The standard InChI is InChI=1S/C18H9Cl2F4NO.C11H6Cl2F3O.C7H3FIN.3C4H9.Sn/c19-14-4-13(5-15(20)6-14)17(18(22,23)24)7-12(9-26-17)10-1-2-16(21)11(3-10)8-25;12-8-4-7(5-9(13)6-8)10(11(14,15)16)2-1-3-17-10;8-7-2-1-6(9)3-5(7)4-10;3*1-3-4-2;/h1-7H,9H2;2,4-6H,3H2;1-3H;3*1,3-4H2,2H3;. The van der Waals surface area contributed by atoms with Crippen molar-refractivity contribution in [3.05, 3.63) is 152 Å². The Morgan fingerprint density at radius 3 is 1.42 bits per heavy atom. The summed E-state index contributed by atoms with van der Waals surface area (Å²) in [6.45, 7) is 6.17. The Balaban J connectivity index is 0.000000240. The van der Waals surface area contributed by atoms with Crippen molar-refractivity contribution in [2.75, 3.05) is 13.2 Å². The number of rotatable bonds is 13. The van der Waals surface area contributed by atoms with Gasteiger partial charge in [0.05, 0.1) is 17.7 Å². The van der Waals surface area contributed by atoms with E-state index in [1.54, 1.807) is 18.2 Å². The van der Waals surface area contributed by atoms with Crippen LogP contribution in [0.4, 0.5) is 35.1 Å². The Morgan fingerprint density at radius 2 is 1.02 bits per heavy atom. The normalized spacial score (nSPS) is 18.3. The molecule has 0 amide bonds. The minimum absolute atomic E-state index is 0.0239. The Morgan fingerprint density at radius 1 is 0.606 bits per heavy atom. The maximum Gasteiger partial charge on any atom is 0.425 e. The molecule has 18 heteroatoms. The van der Waals surface area contributed by atoms with Gasteiger partial charge in [0.1, 0.15) is 23.8 Å². The van der Waals surface area contributed by atoms with Crippen LogP contribution in [0.2, 0.25) is 33.4 Å². The second kappa shape index (κ2) is 24.3. The molecule has 2 unspecified atom stereocenters. The number of hydrogen-bond donors (Lipinski definition) is 0. The van der Waals surface area contributed by atoms with E-state index in [-0.39, 0.29) is 66.7 Å². The van der Waals surface area contributed by atoms with E-state index >= 15 is 0 Å². The quantitative estimate of drug-likeness (QED) is 0.0760. The number of alkyl halides is 6. The van der Waals surface area contributed by atoms with E-state index in [0.29, 0.717) is 0 Å². The number of unbranched alkanes of at least 4 members (excludes halogenated alkanes) is 3. The summed E-state index contributed by atoms with van der Waals surface area (Å²) in [6.07, 6.45) is -0.566. The van der Waals surface area contributed by atoms with Gasteiger partial charge in [0, 0.05) is 13.6 Å². The molecule has 6 rings (SSSR count). The van der Waals surface area contributed by atoms with Gasteiger partial charge < -0.3 is 4.74 Å². The van der Waals surface area contributed by atoms with Crippen LogP contribution in [0.15, 0.2) is 88.5 Å². The first kappa shape index (κ1) is 56.0. The van der Waals surface area contributed by atoms with E-state index < -0.39 is 53.6 Å². The molecule has 4 aromatic carbocycles. The molecule has 0 aromatic heterocycles. The van der Waals surface area contributed by atoms with Crippen molar-refractivity contribution in [2.45, 2.75) is 96.2 Å². The fourth-order valence-electron chi connectivity index (χ4n) is 7.83. The predicted molar refractivity (Wildman–Crippen MR) is 256 cm³/mol. The summed E-state index contributed by atoms with van der Waals surface area (Å²) in [6, 6.07) is 19.0. The minimum Gasteiger partial charge on any atom is -0.352 e. The molecule has 0 saturated carbocycles. The van der Waals surface area contributed by atoms with Crippen molar-refractivity contribution < 1.29 is 44.6 Å². The van der Waals surface area contributed by atoms with Gasteiger partial charge in [-0.25, -0.2) is 8.78 Å². The Hall–Kier alpha value is -2.61. The molecule has 2 atom stereocenters. The molecule has 0 N–H and O–H groups in total. The van der Waals surface area contributed by atoms with Crippen molar-refractivity contribution >= 4 is 92.9 Å². The maximum atomic E-state index is 14.5. The predicted octanol–water partition coefficient (Wildman–Crippen LogP) is 17.3. The molecule has 0 aliphatic carbocycles. The molecule has 2 aliphatic rings. The summed E-state index contributed by atoms with van der Waals surface area (Å²) in [5, 5.41) is 17.7. The fraction of sp³-hybridized carbons (Fsp3) is 0.375. The molecule has 0 radical (unpaired) electrons. The summed E-state index contributed by atoms with van der Waals surface area (Å²) < 4.78 is 127. The summed E-state index contributed by atoms with van der Waals surface area (Å²) >= 11 is 22.8. The topological polar surface area (TPSA) is 66.0 Å². The molecule has 4 aromatic rings. The third-order valence-electron chi connectivity index (χ3n) is 11.3. The van der Waals surface area contributed by atoms with E-state index in [0.717, 1.165) is 83.3 Å².